The zero-order chi connectivity index (χ0) is 21.7. The first kappa shape index (κ1) is 22.0. The van der Waals surface area contributed by atoms with Gasteiger partial charge in [-0.2, -0.15) is 0 Å². The summed E-state index contributed by atoms with van der Waals surface area (Å²) in [6.07, 6.45) is 0. The van der Waals surface area contributed by atoms with Crippen molar-refractivity contribution in [3.05, 3.63) is 47.5 Å². The summed E-state index contributed by atoms with van der Waals surface area (Å²) in [5.74, 6) is 0.770. The minimum Gasteiger partial charge on any atom is -0.497 e. The molecule has 0 bridgehead atoms. The molecular weight excluding hydrogens is 422 g/mol. The van der Waals surface area contributed by atoms with Crippen molar-refractivity contribution in [1.29, 1.82) is 0 Å². The fourth-order valence-corrected chi connectivity index (χ4v) is 3.41. The summed E-state index contributed by atoms with van der Waals surface area (Å²) in [5, 5.41) is 23.6. The highest BCUT2D eigenvalue weighted by molar-refractivity contribution is 7.80. The van der Waals surface area contributed by atoms with Crippen LogP contribution in [0.3, 0.4) is 0 Å². The molecule has 3 rings (SSSR count). The quantitative estimate of drug-likeness (QED) is 0.355. The van der Waals surface area contributed by atoms with Crippen LogP contribution < -0.4 is 10.1 Å². The van der Waals surface area contributed by atoms with Crippen molar-refractivity contribution in [2.24, 2.45) is 10.2 Å². The third kappa shape index (κ3) is 4.89. The molecule has 0 atom stereocenters. The molecule has 2 N–H and O–H groups in total. The average molecular weight is 446 g/mol. The van der Waals surface area contributed by atoms with Crippen LogP contribution in [0.1, 0.15) is 13.8 Å². The Balaban J connectivity index is 1.89. The minimum absolute atomic E-state index is 0.0233. The molecule has 7 nitrogen and oxygen atoms in total. The SMILES string of the molecule is CCN(CC)Cn1c(O)c(N=NC(=S)Nc2ccc(OC)cc2)c2cc(Cl)ccc21. The number of fused-ring (bicyclic) bond motifs is 1. The number of methoxy groups -OCH3 is 1. The van der Waals surface area contributed by atoms with Gasteiger partial charge in [-0.3, -0.25) is 9.47 Å². The predicted octanol–water partition coefficient (Wildman–Crippen LogP) is 5.79. The first-order chi connectivity index (χ1) is 14.5. The number of nitrogens with one attached hydrogen (secondary N) is 1. The summed E-state index contributed by atoms with van der Waals surface area (Å²) in [7, 11) is 1.61. The van der Waals surface area contributed by atoms with E-state index in [2.05, 4.69) is 34.3 Å². The van der Waals surface area contributed by atoms with Gasteiger partial charge in [-0.1, -0.05) is 25.4 Å². The predicted molar refractivity (Wildman–Crippen MR) is 125 cm³/mol. The normalized spacial score (nSPS) is 11.5. The zero-order valence-electron chi connectivity index (χ0n) is 17.1. The Hall–Kier alpha value is -2.68. The molecule has 0 spiro atoms. The maximum Gasteiger partial charge on any atom is 0.221 e. The van der Waals surface area contributed by atoms with E-state index in [1.54, 1.807) is 23.8 Å². The Morgan fingerprint density at radius 2 is 1.90 bits per heavy atom. The third-order valence-electron chi connectivity index (χ3n) is 4.79. The largest absolute Gasteiger partial charge is 0.497 e. The van der Waals surface area contributed by atoms with E-state index < -0.39 is 0 Å². The number of ether oxygens (including phenoxy) is 1. The number of hydrogen-bond donors (Lipinski definition) is 2. The van der Waals surface area contributed by atoms with Gasteiger partial charge in [0.2, 0.25) is 11.0 Å². The molecule has 0 aliphatic heterocycles. The lowest BCUT2D eigenvalue weighted by Crippen LogP contribution is -2.25. The molecule has 0 saturated carbocycles. The van der Waals surface area contributed by atoms with Gasteiger partial charge in [0.25, 0.3) is 0 Å². The molecule has 0 saturated heterocycles. The molecule has 0 fully saturated rings. The molecule has 9 heteroatoms. The standard InChI is InChI=1S/C21H24ClN5O2S/c1-4-26(5-2)13-27-18-11-6-14(22)12-17(18)19(20(27)28)24-25-21(30)23-15-7-9-16(29-3)10-8-15/h6-12,28H,4-5,13H2,1-3H3,(H,23,30). The Bertz CT molecular complexity index is 1060. The van der Waals surface area contributed by atoms with Gasteiger partial charge in [-0.05, 0) is 67.8 Å². The molecule has 3 aromatic rings. The van der Waals surface area contributed by atoms with Crippen LogP contribution in [0.4, 0.5) is 11.4 Å². The van der Waals surface area contributed by atoms with Crippen LogP contribution in [0, 0.1) is 0 Å². The lowest BCUT2D eigenvalue weighted by Gasteiger charge is -2.20. The third-order valence-corrected chi connectivity index (χ3v) is 5.21. The molecular formula is C21H24ClN5O2S. The fraction of sp³-hybridized carbons (Fsp3) is 0.286. The number of benzene rings is 2. The monoisotopic (exact) mass is 445 g/mol. The number of azo groups is 1. The van der Waals surface area contributed by atoms with Gasteiger partial charge in [-0.15, -0.1) is 10.2 Å². The van der Waals surface area contributed by atoms with Crippen molar-refractivity contribution < 1.29 is 9.84 Å². The Labute approximate surface area is 185 Å². The summed E-state index contributed by atoms with van der Waals surface area (Å²) in [5.41, 5.74) is 1.92. The van der Waals surface area contributed by atoms with Gasteiger partial charge in [0.05, 0.1) is 19.3 Å². The first-order valence-electron chi connectivity index (χ1n) is 9.56. The molecule has 1 heterocycles. The van der Waals surface area contributed by atoms with Crippen molar-refractivity contribution in [2.75, 3.05) is 25.5 Å². The Kier molecular flexibility index (Phi) is 7.25. The number of nitrogens with zero attached hydrogens (tertiary/aromatic N) is 4. The van der Waals surface area contributed by atoms with E-state index in [4.69, 9.17) is 28.6 Å². The van der Waals surface area contributed by atoms with E-state index in [0.29, 0.717) is 22.8 Å². The summed E-state index contributed by atoms with van der Waals surface area (Å²) >= 11 is 11.5. The molecule has 2 aromatic carbocycles. The molecule has 0 unspecified atom stereocenters. The lowest BCUT2D eigenvalue weighted by molar-refractivity contribution is 0.233. The molecule has 0 aliphatic carbocycles. The Morgan fingerprint density at radius 1 is 1.20 bits per heavy atom. The molecule has 0 amide bonds. The van der Waals surface area contributed by atoms with Gasteiger partial charge >= 0.3 is 0 Å². The summed E-state index contributed by atoms with van der Waals surface area (Å²) in [4.78, 5) is 2.19. The zero-order valence-corrected chi connectivity index (χ0v) is 18.7. The van der Waals surface area contributed by atoms with E-state index in [1.807, 2.05) is 30.3 Å². The van der Waals surface area contributed by atoms with E-state index in [0.717, 1.165) is 30.0 Å². The number of aromatic hydroxyl groups is 1. The highest BCUT2D eigenvalue weighted by Crippen LogP contribution is 2.40. The van der Waals surface area contributed by atoms with Crippen LogP contribution in [-0.2, 0) is 6.67 Å². The van der Waals surface area contributed by atoms with Gasteiger partial charge in [0.1, 0.15) is 5.75 Å². The maximum absolute atomic E-state index is 10.9. The van der Waals surface area contributed by atoms with Crippen molar-refractivity contribution in [3.63, 3.8) is 0 Å². The van der Waals surface area contributed by atoms with Crippen molar-refractivity contribution in [2.45, 2.75) is 20.5 Å². The van der Waals surface area contributed by atoms with Gasteiger partial charge < -0.3 is 15.2 Å². The van der Waals surface area contributed by atoms with Crippen molar-refractivity contribution in [3.8, 4) is 11.6 Å². The lowest BCUT2D eigenvalue weighted by atomic mass is 10.2. The number of anilines is 1. The second-order valence-electron chi connectivity index (χ2n) is 6.57. The number of hydrogen-bond acceptors (Lipinski definition) is 5. The summed E-state index contributed by atoms with van der Waals surface area (Å²) < 4.78 is 6.94. The molecule has 1 aromatic heterocycles. The van der Waals surface area contributed by atoms with E-state index >= 15 is 0 Å². The second kappa shape index (κ2) is 9.88. The van der Waals surface area contributed by atoms with E-state index in [9.17, 15) is 5.11 Å². The number of halogens is 1. The van der Waals surface area contributed by atoms with Crippen LogP contribution in [-0.4, -0.2) is 39.9 Å². The minimum atomic E-state index is 0.0233. The van der Waals surface area contributed by atoms with Gasteiger partial charge in [0.15, 0.2) is 5.69 Å². The van der Waals surface area contributed by atoms with Crippen LogP contribution in [0.5, 0.6) is 11.6 Å². The van der Waals surface area contributed by atoms with Crippen LogP contribution in [0.15, 0.2) is 52.7 Å². The van der Waals surface area contributed by atoms with Crippen molar-refractivity contribution >= 4 is 51.2 Å². The molecule has 30 heavy (non-hydrogen) atoms. The highest BCUT2D eigenvalue weighted by atomic mass is 35.5. The average Bonchev–Trinajstić information content (AvgIpc) is 3.00. The number of thiocarbonyl (C=S) groups is 1. The van der Waals surface area contributed by atoms with Crippen LogP contribution >= 0.6 is 23.8 Å². The molecule has 158 valence electrons. The van der Waals surface area contributed by atoms with Gasteiger partial charge in [0, 0.05) is 16.1 Å². The van der Waals surface area contributed by atoms with E-state index in [1.165, 1.54) is 0 Å². The van der Waals surface area contributed by atoms with Crippen LogP contribution in [0.2, 0.25) is 5.02 Å². The van der Waals surface area contributed by atoms with Crippen LogP contribution in [0.25, 0.3) is 10.9 Å². The summed E-state index contributed by atoms with van der Waals surface area (Å²) in [6, 6.07) is 12.7. The van der Waals surface area contributed by atoms with E-state index in [-0.39, 0.29) is 11.0 Å². The fourth-order valence-electron chi connectivity index (χ4n) is 3.08. The summed E-state index contributed by atoms with van der Waals surface area (Å²) in [6.45, 7) is 6.40. The highest BCUT2D eigenvalue weighted by Gasteiger charge is 2.18. The maximum atomic E-state index is 10.9. The molecule has 0 aliphatic rings. The van der Waals surface area contributed by atoms with Crippen molar-refractivity contribution in [1.82, 2.24) is 9.47 Å². The Morgan fingerprint density at radius 3 is 2.53 bits per heavy atom. The second-order valence-corrected chi connectivity index (χ2v) is 7.39. The molecule has 0 radical (unpaired) electrons. The van der Waals surface area contributed by atoms with Gasteiger partial charge in [-0.25, -0.2) is 0 Å². The first-order valence-corrected chi connectivity index (χ1v) is 10.3. The number of aromatic nitrogens is 1. The number of rotatable bonds is 7. The topological polar surface area (TPSA) is 74.4 Å². The smallest absolute Gasteiger partial charge is 0.221 e.